The van der Waals surface area contributed by atoms with E-state index in [4.69, 9.17) is 17.3 Å². The predicted octanol–water partition coefficient (Wildman–Crippen LogP) is 1.70. The van der Waals surface area contributed by atoms with Crippen molar-refractivity contribution in [3.63, 3.8) is 0 Å². The molecule has 0 aromatic heterocycles. The number of nitrogens with two attached hydrogens (primary N) is 1. The lowest BCUT2D eigenvalue weighted by Crippen LogP contribution is -2.44. The van der Waals surface area contributed by atoms with Crippen LogP contribution in [0.3, 0.4) is 0 Å². The van der Waals surface area contributed by atoms with Crippen LogP contribution in [-0.2, 0) is 15.4 Å². The first-order valence-electron chi connectivity index (χ1n) is 5.17. The summed E-state index contributed by atoms with van der Waals surface area (Å²) >= 11 is 5.91. The van der Waals surface area contributed by atoms with Crippen LogP contribution in [0.25, 0.3) is 0 Å². The first-order chi connectivity index (χ1) is 7.41. The van der Waals surface area contributed by atoms with Crippen LogP contribution in [-0.4, -0.2) is 19.9 Å². The standard InChI is InChI=1S/C11H14ClNO2S/c12-10-3-1-2-9(8-10)11(13)4-6-16(14,15)7-5-11/h1-3,8H,4-7,13H2. The molecule has 16 heavy (non-hydrogen) atoms. The molecule has 0 unspecified atom stereocenters. The predicted molar refractivity (Wildman–Crippen MR) is 65.2 cm³/mol. The molecule has 0 spiro atoms. The number of hydrogen-bond acceptors (Lipinski definition) is 3. The van der Waals surface area contributed by atoms with Crippen LogP contribution in [0, 0.1) is 0 Å². The second-order valence-electron chi connectivity index (χ2n) is 4.32. The molecule has 2 rings (SSSR count). The van der Waals surface area contributed by atoms with Crippen LogP contribution in [0.4, 0.5) is 0 Å². The molecule has 88 valence electrons. The Hall–Kier alpha value is -0.580. The largest absolute Gasteiger partial charge is 0.321 e. The molecule has 2 N–H and O–H groups in total. The maximum Gasteiger partial charge on any atom is 0.150 e. The fourth-order valence-corrected chi connectivity index (χ4v) is 3.73. The molecule has 0 radical (unpaired) electrons. The molecule has 0 bridgehead atoms. The molecule has 1 aromatic rings. The van der Waals surface area contributed by atoms with Gasteiger partial charge in [0.1, 0.15) is 9.84 Å². The Kier molecular flexibility index (Phi) is 2.99. The Bertz CT molecular complexity index is 484. The van der Waals surface area contributed by atoms with Crippen LogP contribution in [0.1, 0.15) is 18.4 Å². The summed E-state index contributed by atoms with van der Waals surface area (Å²) in [6.07, 6.45) is 0.936. The van der Waals surface area contributed by atoms with E-state index in [0.717, 1.165) is 5.56 Å². The van der Waals surface area contributed by atoms with Crippen LogP contribution in [0.5, 0.6) is 0 Å². The number of halogens is 1. The fourth-order valence-electron chi connectivity index (χ4n) is 1.99. The van der Waals surface area contributed by atoms with Crippen LogP contribution >= 0.6 is 11.6 Å². The van der Waals surface area contributed by atoms with Gasteiger partial charge in [0.25, 0.3) is 0 Å². The average molecular weight is 260 g/mol. The van der Waals surface area contributed by atoms with Gasteiger partial charge in [-0.15, -0.1) is 0 Å². The zero-order valence-electron chi connectivity index (χ0n) is 8.82. The zero-order valence-corrected chi connectivity index (χ0v) is 10.4. The normalized spacial score (nSPS) is 22.9. The van der Waals surface area contributed by atoms with E-state index in [-0.39, 0.29) is 11.5 Å². The molecule has 1 aliphatic heterocycles. The van der Waals surface area contributed by atoms with E-state index in [2.05, 4.69) is 0 Å². The van der Waals surface area contributed by atoms with Gasteiger partial charge >= 0.3 is 0 Å². The van der Waals surface area contributed by atoms with E-state index in [1.54, 1.807) is 6.07 Å². The number of benzene rings is 1. The fraction of sp³-hybridized carbons (Fsp3) is 0.455. The van der Waals surface area contributed by atoms with Crippen molar-refractivity contribution in [2.24, 2.45) is 5.73 Å². The number of sulfone groups is 1. The van der Waals surface area contributed by atoms with Gasteiger partial charge in [0.15, 0.2) is 0 Å². The van der Waals surface area contributed by atoms with E-state index in [1.165, 1.54) is 0 Å². The molecule has 1 fully saturated rings. The van der Waals surface area contributed by atoms with Gasteiger partial charge in [-0.25, -0.2) is 8.42 Å². The highest BCUT2D eigenvalue weighted by Crippen LogP contribution is 2.32. The monoisotopic (exact) mass is 259 g/mol. The van der Waals surface area contributed by atoms with Crippen molar-refractivity contribution in [2.45, 2.75) is 18.4 Å². The van der Waals surface area contributed by atoms with Crippen molar-refractivity contribution in [1.29, 1.82) is 0 Å². The Morgan fingerprint density at radius 2 is 1.88 bits per heavy atom. The quantitative estimate of drug-likeness (QED) is 0.835. The van der Waals surface area contributed by atoms with Gasteiger partial charge in [0.2, 0.25) is 0 Å². The molecule has 1 aliphatic rings. The molecule has 1 saturated heterocycles. The minimum atomic E-state index is -2.88. The Morgan fingerprint density at radius 3 is 2.44 bits per heavy atom. The lowest BCUT2D eigenvalue weighted by molar-refractivity contribution is 0.396. The summed E-state index contributed by atoms with van der Waals surface area (Å²) in [5, 5.41) is 0.635. The van der Waals surface area contributed by atoms with E-state index in [9.17, 15) is 8.42 Å². The van der Waals surface area contributed by atoms with E-state index in [1.807, 2.05) is 18.2 Å². The van der Waals surface area contributed by atoms with Gasteiger partial charge in [-0.1, -0.05) is 23.7 Å². The molecule has 3 nitrogen and oxygen atoms in total. The van der Waals surface area contributed by atoms with Crippen molar-refractivity contribution in [3.8, 4) is 0 Å². The van der Waals surface area contributed by atoms with Crippen molar-refractivity contribution in [3.05, 3.63) is 34.9 Å². The van der Waals surface area contributed by atoms with Gasteiger partial charge < -0.3 is 5.73 Å². The first-order valence-corrected chi connectivity index (χ1v) is 7.37. The molecular weight excluding hydrogens is 246 g/mol. The topological polar surface area (TPSA) is 60.2 Å². The minimum Gasteiger partial charge on any atom is -0.321 e. The van der Waals surface area contributed by atoms with E-state index >= 15 is 0 Å². The van der Waals surface area contributed by atoms with Crippen molar-refractivity contribution < 1.29 is 8.42 Å². The third kappa shape index (κ3) is 2.39. The smallest absolute Gasteiger partial charge is 0.150 e. The maximum absolute atomic E-state index is 11.4. The molecule has 5 heteroatoms. The Morgan fingerprint density at radius 1 is 1.25 bits per heavy atom. The lowest BCUT2D eigenvalue weighted by atomic mass is 9.85. The summed E-state index contributed by atoms with van der Waals surface area (Å²) in [5.41, 5.74) is 6.63. The highest BCUT2D eigenvalue weighted by atomic mass is 35.5. The third-order valence-electron chi connectivity index (χ3n) is 3.12. The second-order valence-corrected chi connectivity index (χ2v) is 7.06. The van der Waals surface area contributed by atoms with Crippen LogP contribution in [0.15, 0.2) is 24.3 Å². The summed E-state index contributed by atoms with van der Waals surface area (Å²) in [7, 11) is -2.88. The summed E-state index contributed by atoms with van der Waals surface area (Å²) in [6.45, 7) is 0. The number of hydrogen-bond donors (Lipinski definition) is 1. The molecule has 0 atom stereocenters. The summed E-state index contributed by atoms with van der Waals surface area (Å²) in [4.78, 5) is 0. The highest BCUT2D eigenvalue weighted by Gasteiger charge is 2.35. The molecule has 1 aromatic carbocycles. The summed E-state index contributed by atoms with van der Waals surface area (Å²) in [5.74, 6) is 0.325. The molecule has 0 saturated carbocycles. The van der Waals surface area contributed by atoms with Crippen molar-refractivity contribution in [1.82, 2.24) is 0 Å². The van der Waals surface area contributed by atoms with E-state index in [0.29, 0.717) is 17.9 Å². The van der Waals surface area contributed by atoms with Crippen molar-refractivity contribution in [2.75, 3.05) is 11.5 Å². The summed E-state index contributed by atoms with van der Waals surface area (Å²) in [6, 6.07) is 7.35. The SMILES string of the molecule is NC1(c2cccc(Cl)c2)CCS(=O)(=O)CC1. The number of rotatable bonds is 1. The van der Waals surface area contributed by atoms with Crippen LogP contribution in [0.2, 0.25) is 5.02 Å². The van der Waals surface area contributed by atoms with Gasteiger partial charge in [-0.3, -0.25) is 0 Å². The Balaban J connectivity index is 2.28. The Labute approximate surface area is 101 Å². The minimum absolute atomic E-state index is 0.163. The van der Waals surface area contributed by atoms with Gasteiger partial charge in [0, 0.05) is 10.6 Å². The van der Waals surface area contributed by atoms with Gasteiger partial charge in [0.05, 0.1) is 11.5 Å². The maximum atomic E-state index is 11.4. The first kappa shape index (κ1) is 11.9. The third-order valence-corrected chi connectivity index (χ3v) is 5.01. The van der Waals surface area contributed by atoms with Gasteiger partial charge in [-0.2, -0.15) is 0 Å². The van der Waals surface area contributed by atoms with Crippen molar-refractivity contribution >= 4 is 21.4 Å². The van der Waals surface area contributed by atoms with E-state index < -0.39 is 15.4 Å². The molecular formula is C11H14ClNO2S. The molecule has 0 aliphatic carbocycles. The highest BCUT2D eigenvalue weighted by molar-refractivity contribution is 7.91. The second kappa shape index (κ2) is 4.02. The van der Waals surface area contributed by atoms with Crippen LogP contribution < -0.4 is 5.73 Å². The molecule has 0 amide bonds. The van der Waals surface area contributed by atoms with Gasteiger partial charge in [-0.05, 0) is 30.5 Å². The molecule has 1 heterocycles. The lowest BCUT2D eigenvalue weighted by Gasteiger charge is -2.33. The average Bonchev–Trinajstić information content (AvgIpc) is 2.23. The summed E-state index contributed by atoms with van der Waals surface area (Å²) < 4.78 is 22.7. The zero-order chi connectivity index (χ0) is 11.8.